The summed E-state index contributed by atoms with van der Waals surface area (Å²) in [5.41, 5.74) is 11.8. The highest BCUT2D eigenvalue weighted by Gasteiger charge is 2.27. The van der Waals surface area contributed by atoms with Gasteiger partial charge in [-0.25, -0.2) is 4.79 Å². The molecule has 8 nitrogen and oxygen atoms in total. The SMILES string of the molecule is C[C@@H](N)C(=O)N[C@@H](Cc1ccccc1)C(=O)N[C@@H](CCCCN)C(=O)O. The number of benzene rings is 1. The molecule has 0 fully saturated rings. The minimum Gasteiger partial charge on any atom is -0.480 e. The summed E-state index contributed by atoms with van der Waals surface area (Å²) in [6, 6.07) is 6.43. The van der Waals surface area contributed by atoms with Crippen LogP contribution in [0.3, 0.4) is 0 Å². The van der Waals surface area contributed by atoms with E-state index >= 15 is 0 Å². The van der Waals surface area contributed by atoms with E-state index in [0.29, 0.717) is 19.4 Å². The van der Waals surface area contributed by atoms with E-state index in [2.05, 4.69) is 10.6 Å². The Morgan fingerprint density at radius 1 is 1.04 bits per heavy atom. The fourth-order valence-corrected chi connectivity index (χ4v) is 2.38. The number of hydrogen-bond acceptors (Lipinski definition) is 5. The van der Waals surface area contributed by atoms with Crippen LogP contribution >= 0.6 is 0 Å². The molecule has 8 heteroatoms. The van der Waals surface area contributed by atoms with Gasteiger partial charge in [0.1, 0.15) is 12.1 Å². The summed E-state index contributed by atoms with van der Waals surface area (Å²) in [7, 11) is 0. The first-order valence-electron chi connectivity index (χ1n) is 8.68. The second-order valence-corrected chi connectivity index (χ2v) is 6.22. The molecule has 0 saturated carbocycles. The minimum atomic E-state index is -1.12. The fraction of sp³-hybridized carbons (Fsp3) is 0.500. The van der Waals surface area contributed by atoms with Crippen LogP contribution in [0.4, 0.5) is 0 Å². The van der Waals surface area contributed by atoms with Crippen molar-refractivity contribution in [3.8, 4) is 0 Å². The molecule has 3 atom stereocenters. The first kappa shape index (κ1) is 21.6. The number of unbranched alkanes of at least 4 members (excludes halogenated alkanes) is 1. The molecule has 0 aliphatic rings. The van der Waals surface area contributed by atoms with E-state index < -0.39 is 35.9 Å². The lowest BCUT2D eigenvalue weighted by Gasteiger charge is -2.22. The van der Waals surface area contributed by atoms with Gasteiger partial charge in [0.05, 0.1) is 6.04 Å². The van der Waals surface area contributed by atoms with Crippen LogP contribution in [0.1, 0.15) is 31.7 Å². The maximum absolute atomic E-state index is 12.6. The standard InChI is InChI=1S/C18H28N4O4/c1-12(20)16(23)22-15(11-13-7-3-2-4-8-13)17(24)21-14(18(25)26)9-5-6-10-19/h2-4,7-8,12,14-15H,5-6,9-11,19-20H2,1H3,(H,21,24)(H,22,23)(H,25,26)/t12-,14+,15+/m1/s1. The predicted octanol–water partition coefficient (Wildman–Crippen LogP) is -0.240. The quantitative estimate of drug-likeness (QED) is 0.342. The highest BCUT2D eigenvalue weighted by atomic mass is 16.4. The Bertz CT molecular complexity index is 592. The first-order chi connectivity index (χ1) is 12.3. The summed E-state index contributed by atoms with van der Waals surface area (Å²) in [5, 5.41) is 14.4. The maximum atomic E-state index is 12.6. The van der Waals surface area contributed by atoms with E-state index in [9.17, 15) is 19.5 Å². The van der Waals surface area contributed by atoms with Crippen LogP contribution in [-0.2, 0) is 20.8 Å². The Labute approximate surface area is 153 Å². The Morgan fingerprint density at radius 3 is 2.19 bits per heavy atom. The largest absolute Gasteiger partial charge is 0.480 e. The van der Waals surface area contributed by atoms with Crippen LogP contribution in [0.15, 0.2) is 30.3 Å². The molecule has 1 aromatic rings. The van der Waals surface area contributed by atoms with E-state index in [-0.39, 0.29) is 12.8 Å². The number of rotatable bonds is 11. The highest BCUT2D eigenvalue weighted by molar-refractivity contribution is 5.91. The van der Waals surface area contributed by atoms with E-state index in [1.165, 1.54) is 6.92 Å². The molecule has 0 aliphatic heterocycles. The third kappa shape index (κ3) is 7.62. The van der Waals surface area contributed by atoms with E-state index in [1.807, 2.05) is 30.3 Å². The van der Waals surface area contributed by atoms with Gasteiger partial charge in [-0.3, -0.25) is 9.59 Å². The molecule has 0 aromatic heterocycles. The lowest BCUT2D eigenvalue weighted by molar-refractivity contribution is -0.142. The summed E-state index contributed by atoms with van der Waals surface area (Å²) in [5.74, 6) is -2.15. The number of nitrogens with two attached hydrogens (primary N) is 2. The summed E-state index contributed by atoms with van der Waals surface area (Å²) < 4.78 is 0. The minimum absolute atomic E-state index is 0.236. The Balaban J connectivity index is 2.83. The highest BCUT2D eigenvalue weighted by Crippen LogP contribution is 2.06. The number of carboxylic acids is 1. The summed E-state index contributed by atoms with van der Waals surface area (Å²) in [4.78, 5) is 35.9. The molecule has 0 heterocycles. The van der Waals surface area contributed by atoms with Gasteiger partial charge in [-0.2, -0.15) is 0 Å². The van der Waals surface area contributed by atoms with Gasteiger partial charge in [-0.1, -0.05) is 30.3 Å². The Hall–Kier alpha value is -2.45. The molecule has 0 spiro atoms. The third-order valence-corrected chi connectivity index (χ3v) is 3.89. The van der Waals surface area contributed by atoms with Gasteiger partial charge in [0.15, 0.2) is 0 Å². The molecule has 144 valence electrons. The van der Waals surface area contributed by atoms with Crippen molar-refractivity contribution < 1.29 is 19.5 Å². The van der Waals surface area contributed by atoms with Gasteiger partial charge in [-0.15, -0.1) is 0 Å². The van der Waals surface area contributed by atoms with Gasteiger partial charge >= 0.3 is 5.97 Å². The van der Waals surface area contributed by atoms with Crippen molar-refractivity contribution in [3.63, 3.8) is 0 Å². The van der Waals surface area contributed by atoms with Gasteiger partial charge in [-0.05, 0) is 38.3 Å². The molecule has 1 rings (SSSR count). The van der Waals surface area contributed by atoms with Gasteiger partial charge < -0.3 is 27.2 Å². The molecule has 0 radical (unpaired) electrons. The van der Waals surface area contributed by atoms with Crippen LogP contribution in [0.2, 0.25) is 0 Å². The number of nitrogens with one attached hydrogen (secondary N) is 2. The first-order valence-corrected chi connectivity index (χ1v) is 8.68. The van der Waals surface area contributed by atoms with Crippen molar-refractivity contribution in [1.29, 1.82) is 0 Å². The van der Waals surface area contributed by atoms with Crippen molar-refractivity contribution in [1.82, 2.24) is 10.6 Å². The number of carboxylic acid groups (broad SMARTS) is 1. The van der Waals surface area contributed by atoms with Crippen molar-refractivity contribution in [2.45, 2.75) is 50.7 Å². The average Bonchev–Trinajstić information content (AvgIpc) is 2.60. The molecule has 1 aromatic carbocycles. The number of carbonyl (C=O) groups excluding carboxylic acids is 2. The Kier molecular flexibility index (Phi) is 9.32. The molecular formula is C18H28N4O4. The number of aliphatic carboxylic acids is 1. The molecule has 0 unspecified atom stereocenters. The maximum Gasteiger partial charge on any atom is 0.326 e. The van der Waals surface area contributed by atoms with Gasteiger partial charge in [0, 0.05) is 6.42 Å². The predicted molar refractivity (Wildman–Crippen MR) is 98.2 cm³/mol. The lowest BCUT2D eigenvalue weighted by atomic mass is 10.0. The van der Waals surface area contributed by atoms with E-state index in [1.54, 1.807) is 0 Å². The molecule has 7 N–H and O–H groups in total. The van der Waals surface area contributed by atoms with E-state index in [0.717, 1.165) is 5.56 Å². The van der Waals surface area contributed by atoms with Crippen molar-refractivity contribution in [2.75, 3.05) is 6.54 Å². The zero-order chi connectivity index (χ0) is 19.5. The Morgan fingerprint density at radius 2 is 1.65 bits per heavy atom. The second kappa shape index (κ2) is 11.2. The summed E-state index contributed by atoms with van der Waals surface area (Å²) in [6.45, 7) is 1.97. The molecule has 0 saturated heterocycles. The van der Waals surface area contributed by atoms with Crippen molar-refractivity contribution in [2.24, 2.45) is 11.5 Å². The molecular weight excluding hydrogens is 336 g/mol. The number of carbonyl (C=O) groups is 3. The number of amides is 2. The lowest BCUT2D eigenvalue weighted by Crippen LogP contribution is -2.54. The van der Waals surface area contributed by atoms with Crippen LogP contribution in [0.25, 0.3) is 0 Å². The zero-order valence-corrected chi connectivity index (χ0v) is 15.0. The molecule has 26 heavy (non-hydrogen) atoms. The monoisotopic (exact) mass is 364 g/mol. The summed E-state index contributed by atoms with van der Waals surface area (Å²) >= 11 is 0. The topological polar surface area (TPSA) is 148 Å². The average molecular weight is 364 g/mol. The molecule has 0 aliphatic carbocycles. The fourth-order valence-electron chi connectivity index (χ4n) is 2.38. The third-order valence-electron chi connectivity index (χ3n) is 3.89. The normalized spacial score (nSPS) is 14.1. The second-order valence-electron chi connectivity index (χ2n) is 6.22. The van der Waals surface area contributed by atoms with Gasteiger partial charge in [0.25, 0.3) is 0 Å². The van der Waals surface area contributed by atoms with Crippen molar-refractivity contribution >= 4 is 17.8 Å². The van der Waals surface area contributed by atoms with E-state index in [4.69, 9.17) is 11.5 Å². The molecule has 0 bridgehead atoms. The van der Waals surface area contributed by atoms with Gasteiger partial charge in [0.2, 0.25) is 11.8 Å². The summed E-state index contributed by atoms with van der Waals surface area (Å²) in [6.07, 6.45) is 1.77. The smallest absolute Gasteiger partial charge is 0.326 e. The van der Waals surface area contributed by atoms with Crippen LogP contribution in [0, 0.1) is 0 Å². The number of hydrogen-bond donors (Lipinski definition) is 5. The zero-order valence-electron chi connectivity index (χ0n) is 15.0. The van der Waals surface area contributed by atoms with Crippen LogP contribution in [0.5, 0.6) is 0 Å². The van der Waals surface area contributed by atoms with Crippen LogP contribution in [-0.4, -0.2) is 47.6 Å². The van der Waals surface area contributed by atoms with Crippen LogP contribution < -0.4 is 22.1 Å². The van der Waals surface area contributed by atoms with Crippen molar-refractivity contribution in [3.05, 3.63) is 35.9 Å². The molecule has 2 amide bonds.